The molecule has 1 heterocycles. The molecule has 1 aromatic carbocycles. The molecule has 1 atom stereocenters. The van der Waals surface area contributed by atoms with Crippen LogP contribution >= 0.6 is 0 Å². The molecule has 0 saturated carbocycles. The second kappa shape index (κ2) is 3.62. The van der Waals surface area contributed by atoms with Crippen LogP contribution in [0.5, 0.6) is 0 Å². The molecule has 2 N–H and O–H groups in total. The van der Waals surface area contributed by atoms with Crippen LogP contribution in [0.4, 0.5) is 5.69 Å². The predicted molar refractivity (Wildman–Crippen MR) is 60.9 cm³/mol. The average Bonchev–Trinajstić information content (AvgIpc) is 2.20. The fraction of sp³-hybridized carbons (Fsp3) is 0.500. The van der Waals surface area contributed by atoms with Gasteiger partial charge in [-0.25, -0.2) is 0 Å². The highest BCUT2D eigenvalue weighted by molar-refractivity contribution is 5.59. The smallest absolute Gasteiger partial charge is 0.0402 e. The summed E-state index contributed by atoms with van der Waals surface area (Å²) in [5.41, 5.74) is 10.0. The van der Waals surface area contributed by atoms with Gasteiger partial charge in [0, 0.05) is 25.2 Å². The molecule has 14 heavy (non-hydrogen) atoms. The molecule has 2 nitrogen and oxygen atoms in total. The van der Waals surface area contributed by atoms with Crippen LogP contribution in [0, 0.1) is 6.92 Å². The number of nitrogens with two attached hydrogens (primary N) is 1. The maximum atomic E-state index is 5.81. The molecule has 2 heteroatoms. The van der Waals surface area contributed by atoms with Gasteiger partial charge in [0.1, 0.15) is 0 Å². The first-order valence-electron chi connectivity index (χ1n) is 5.24. The summed E-state index contributed by atoms with van der Waals surface area (Å²) in [4.78, 5) is 2.33. The van der Waals surface area contributed by atoms with Gasteiger partial charge >= 0.3 is 0 Å². The zero-order valence-electron chi connectivity index (χ0n) is 8.96. The summed E-state index contributed by atoms with van der Waals surface area (Å²) in [5.74, 6) is 0.558. The number of fused-ring (bicyclic) bond motifs is 1. The lowest BCUT2D eigenvalue weighted by Crippen LogP contribution is -2.30. The van der Waals surface area contributed by atoms with Crippen molar-refractivity contribution in [3.05, 3.63) is 29.3 Å². The Morgan fingerprint density at radius 3 is 3.00 bits per heavy atom. The maximum Gasteiger partial charge on any atom is 0.0402 e. The molecule has 0 spiro atoms. The minimum Gasteiger partial charge on any atom is -0.374 e. The molecule has 0 amide bonds. The molecule has 0 fully saturated rings. The lowest BCUT2D eigenvalue weighted by atomic mass is 9.87. The minimum atomic E-state index is 0.558. The molecular weight excluding hydrogens is 172 g/mol. The summed E-state index contributed by atoms with van der Waals surface area (Å²) in [6.07, 6.45) is 1.19. The first-order chi connectivity index (χ1) is 6.74. The Bertz CT molecular complexity index is 333. The van der Waals surface area contributed by atoms with E-state index in [1.807, 2.05) is 0 Å². The SMILES string of the molecule is Cc1cccc2c1C(CN)CCN2C. The van der Waals surface area contributed by atoms with Crippen LogP contribution in [-0.2, 0) is 0 Å². The van der Waals surface area contributed by atoms with Gasteiger partial charge in [-0.05, 0) is 37.1 Å². The van der Waals surface area contributed by atoms with Gasteiger partial charge in [-0.1, -0.05) is 12.1 Å². The molecule has 0 aliphatic carbocycles. The van der Waals surface area contributed by atoms with E-state index >= 15 is 0 Å². The molecule has 1 aromatic rings. The number of rotatable bonds is 1. The largest absolute Gasteiger partial charge is 0.374 e. The third-order valence-corrected chi connectivity index (χ3v) is 3.22. The van der Waals surface area contributed by atoms with Gasteiger partial charge < -0.3 is 10.6 Å². The van der Waals surface area contributed by atoms with Gasteiger partial charge in [0.25, 0.3) is 0 Å². The number of aryl methyl sites for hydroxylation is 1. The fourth-order valence-corrected chi connectivity index (χ4v) is 2.38. The summed E-state index contributed by atoms with van der Waals surface area (Å²) < 4.78 is 0. The zero-order valence-corrected chi connectivity index (χ0v) is 8.96. The van der Waals surface area contributed by atoms with Gasteiger partial charge in [-0.3, -0.25) is 0 Å². The second-order valence-corrected chi connectivity index (χ2v) is 4.15. The standard InChI is InChI=1S/C12H18N2/c1-9-4-3-5-11-12(9)10(8-13)6-7-14(11)2/h3-5,10H,6-8,13H2,1-2H3. The first kappa shape index (κ1) is 9.53. The number of hydrogen-bond donors (Lipinski definition) is 1. The van der Waals surface area contributed by atoms with Crippen molar-refractivity contribution in [2.45, 2.75) is 19.3 Å². The topological polar surface area (TPSA) is 29.3 Å². The van der Waals surface area contributed by atoms with Gasteiger partial charge in [0.2, 0.25) is 0 Å². The van der Waals surface area contributed by atoms with E-state index in [1.165, 1.54) is 23.2 Å². The van der Waals surface area contributed by atoms with Crippen LogP contribution in [0.15, 0.2) is 18.2 Å². The van der Waals surface area contributed by atoms with E-state index in [1.54, 1.807) is 0 Å². The van der Waals surface area contributed by atoms with Crippen molar-refractivity contribution in [1.82, 2.24) is 0 Å². The van der Waals surface area contributed by atoms with Crippen molar-refractivity contribution < 1.29 is 0 Å². The third kappa shape index (κ3) is 1.40. The average molecular weight is 190 g/mol. The molecule has 0 aromatic heterocycles. The lowest BCUT2D eigenvalue weighted by Gasteiger charge is -2.33. The molecule has 0 bridgehead atoms. The Labute approximate surface area is 85.7 Å². The highest BCUT2D eigenvalue weighted by Gasteiger charge is 2.23. The number of hydrogen-bond acceptors (Lipinski definition) is 2. The van der Waals surface area contributed by atoms with E-state index in [4.69, 9.17) is 5.73 Å². The van der Waals surface area contributed by atoms with E-state index in [9.17, 15) is 0 Å². The van der Waals surface area contributed by atoms with Crippen LogP contribution in [0.3, 0.4) is 0 Å². The molecule has 1 aliphatic rings. The first-order valence-corrected chi connectivity index (χ1v) is 5.24. The number of nitrogens with zero attached hydrogens (tertiary/aromatic N) is 1. The molecule has 76 valence electrons. The van der Waals surface area contributed by atoms with E-state index in [2.05, 4.69) is 37.1 Å². The van der Waals surface area contributed by atoms with Gasteiger partial charge in [0.15, 0.2) is 0 Å². The highest BCUT2D eigenvalue weighted by atomic mass is 15.1. The Hall–Kier alpha value is -1.02. The fourth-order valence-electron chi connectivity index (χ4n) is 2.38. The lowest BCUT2D eigenvalue weighted by molar-refractivity contribution is 0.598. The van der Waals surface area contributed by atoms with Crippen LogP contribution in [0.2, 0.25) is 0 Å². The van der Waals surface area contributed by atoms with E-state index < -0.39 is 0 Å². The molecule has 1 aliphatic heterocycles. The summed E-state index contributed by atoms with van der Waals surface area (Å²) in [7, 11) is 2.16. The quantitative estimate of drug-likeness (QED) is 0.732. The molecular formula is C12H18N2. The minimum absolute atomic E-state index is 0.558. The Morgan fingerprint density at radius 1 is 1.50 bits per heavy atom. The van der Waals surface area contributed by atoms with Crippen molar-refractivity contribution in [3.8, 4) is 0 Å². The van der Waals surface area contributed by atoms with Crippen LogP contribution in [0.1, 0.15) is 23.5 Å². The van der Waals surface area contributed by atoms with E-state index in [-0.39, 0.29) is 0 Å². The van der Waals surface area contributed by atoms with Crippen molar-refractivity contribution in [2.75, 3.05) is 25.0 Å². The highest BCUT2D eigenvalue weighted by Crippen LogP contribution is 2.35. The molecule has 0 radical (unpaired) electrons. The van der Waals surface area contributed by atoms with Gasteiger partial charge in [-0.2, -0.15) is 0 Å². The number of benzene rings is 1. The van der Waals surface area contributed by atoms with Crippen molar-refractivity contribution >= 4 is 5.69 Å². The van der Waals surface area contributed by atoms with Gasteiger partial charge in [-0.15, -0.1) is 0 Å². The van der Waals surface area contributed by atoms with Crippen LogP contribution < -0.4 is 10.6 Å². The molecule has 1 unspecified atom stereocenters. The maximum absolute atomic E-state index is 5.81. The predicted octanol–water partition coefficient (Wildman–Crippen LogP) is 1.88. The van der Waals surface area contributed by atoms with Crippen molar-refractivity contribution in [1.29, 1.82) is 0 Å². The second-order valence-electron chi connectivity index (χ2n) is 4.15. The zero-order chi connectivity index (χ0) is 10.1. The summed E-state index contributed by atoms with van der Waals surface area (Å²) >= 11 is 0. The molecule has 2 rings (SSSR count). The van der Waals surface area contributed by atoms with Crippen molar-refractivity contribution in [2.24, 2.45) is 5.73 Å². The number of anilines is 1. The Morgan fingerprint density at radius 2 is 2.29 bits per heavy atom. The monoisotopic (exact) mass is 190 g/mol. The van der Waals surface area contributed by atoms with Crippen LogP contribution in [0.25, 0.3) is 0 Å². The van der Waals surface area contributed by atoms with Gasteiger partial charge in [0.05, 0.1) is 0 Å². The summed E-state index contributed by atoms with van der Waals surface area (Å²) in [6, 6.07) is 6.51. The third-order valence-electron chi connectivity index (χ3n) is 3.22. The summed E-state index contributed by atoms with van der Waals surface area (Å²) in [5, 5.41) is 0. The summed E-state index contributed by atoms with van der Waals surface area (Å²) in [6.45, 7) is 4.07. The van der Waals surface area contributed by atoms with Crippen molar-refractivity contribution in [3.63, 3.8) is 0 Å². The Kier molecular flexibility index (Phi) is 2.46. The van der Waals surface area contributed by atoms with E-state index in [0.29, 0.717) is 5.92 Å². The van der Waals surface area contributed by atoms with Crippen LogP contribution in [-0.4, -0.2) is 20.1 Å². The normalized spacial score (nSPS) is 20.8. The van der Waals surface area contributed by atoms with E-state index in [0.717, 1.165) is 13.1 Å². The molecule has 0 saturated heterocycles. The Balaban J connectivity index is 2.51.